The van der Waals surface area contributed by atoms with Gasteiger partial charge in [-0.2, -0.15) is 0 Å². The van der Waals surface area contributed by atoms with Crippen LogP contribution >= 0.6 is 0 Å². The van der Waals surface area contributed by atoms with Gasteiger partial charge >= 0.3 is 0 Å². The van der Waals surface area contributed by atoms with E-state index in [0.717, 1.165) is 96.3 Å². The molecule has 382 valence electrons. The monoisotopic (exact) mass is 936 g/mol. The van der Waals surface area contributed by atoms with Crippen molar-refractivity contribution in [1.29, 1.82) is 0 Å². The highest BCUT2D eigenvalue weighted by Crippen LogP contribution is 2.22. The normalized spacial score (nSPS) is 20.6. The van der Waals surface area contributed by atoms with E-state index in [9.17, 15) is 30.3 Å². The Morgan fingerprint density at radius 1 is 0.522 bits per heavy atom. The average molecular weight is 936 g/mol. The molecule has 67 heavy (non-hydrogen) atoms. The Kier molecular flexibility index (Phi) is 43.0. The van der Waals surface area contributed by atoms with E-state index < -0.39 is 49.5 Å². The highest BCUT2D eigenvalue weighted by Gasteiger charge is 2.44. The second-order valence-electron chi connectivity index (χ2n) is 17.9. The van der Waals surface area contributed by atoms with Crippen LogP contribution < -0.4 is 5.32 Å². The van der Waals surface area contributed by atoms with E-state index in [1.54, 1.807) is 6.08 Å². The summed E-state index contributed by atoms with van der Waals surface area (Å²) in [4.78, 5) is 12.9. The summed E-state index contributed by atoms with van der Waals surface area (Å²) >= 11 is 0. The summed E-state index contributed by atoms with van der Waals surface area (Å²) in [6.07, 6.45) is 62.2. The Hall–Kier alpha value is -3.15. The minimum absolute atomic E-state index is 0.190. The zero-order valence-corrected chi connectivity index (χ0v) is 42.1. The summed E-state index contributed by atoms with van der Waals surface area (Å²) in [6.45, 7) is 3.53. The molecule has 1 saturated heterocycles. The largest absolute Gasteiger partial charge is 0.394 e. The molecule has 9 nitrogen and oxygen atoms in total. The third-order valence-electron chi connectivity index (χ3n) is 11.9. The number of aliphatic hydroxyl groups is 5. The Bertz CT molecular complexity index is 1410. The fourth-order valence-corrected chi connectivity index (χ4v) is 7.64. The number of allylic oxidation sites excluding steroid dienone is 17. The van der Waals surface area contributed by atoms with Gasteiger partial charge in [-0.15, -0.1) is 0 Å². The van der Waals surface area contributed by atoms with Crippen molar-refractivity contribution in [1.82, 2.24) is 5.32 Å². The molecule has 7 atom stereocenters. The first-order valence-corrected chi connectivity index (χ1v) is 26.6. The second-order valence-corrected chi connectivity index (χ2v) is 17.9. The van der Waals surface area contributed by atoms with E-state index in [0.29, 0.717) is 6.42 Å². The van der Waals surface area contributed by atoms with Crippen LogP contribution in [0.25, 0.3) is 0 Å². The van der Waals surface area contributed by atoms with Gasteiger partial charge in [0.15, 0.2) is 6.29 Å². The van der Waals surface area contributed by atoms with Gasteiger partial charge in [0.25, 0.3) is 0 Å². The smallest absolute Gasteiger partial charge is 0.220 e. The van der Waals surface area contributed by atoms with Gasteiger partial charge in [-0.1, -0.05) is 213 Å². The summed E-state index contributed by atoms with van der Waals surface area (Å²) in [5.74, 6) is -0.190. The quantitative estimate of drug-likeness (QED) is 0.0261. The first-order chi connectivity index (χ1) is 32.8. The van der Waals surface area contributed by atoms with Crippen LogP contribution in [0.5, 0.6) is 0 Å². The van der Waals surface area contributed by atoms with Crippen LogP contribution in [0.4, 0.5) is 0 Å². The number of unbranched alkanes of at least 4 members (excludes halogenated alkanes) is 17. The van der Waals surface area contributed by atoms with Gasteiger partial charge in [-0.3, -0.25) is 4.79 Å². The van der Waals surface area contributed by atoms with Crippen molar-refractivity contribution in [2.45, 2.75) is 236 Å². The van der Waals surface area contributed by atoms with E-state index in [-0.39, 0.29) is 12.5 Å². The van der Waals surface area contributed by atoms with Gasteiger partial charge in [0.05, 0.1) is 25.4 Å². The number of hydrogen-bond acceptors (Lipinski definition) is 8. The number of carbonyl (C=O) groups is 1. The van der Waals surface area contributed by atoms with E-state index in [4.69, 9.17) is 9.47 Å². The first-order valence-electron chi connectivity index (χ1n) is 26.6. The van der Waals surface area contributed by atoms with Crippen LogP contribution in [-0.2, 0) is 14.3 Å². The molecule has 1 aliphatic rings. The Morgan fingerprint density at radius 3 is 1.37 bits per heavy atom. The molecular formula is C58H97NO8. The minimum atomic E-state index is -1.57. The number of ether oxygens (including phenoxy) is 2. The topological polar surface area (TPSA) is 149 Å². The number of rotatable bonds is 43. The maximum Gasteiger partial charge on any atom is 0.220 e. The van der Waals surface area contributed by atoms with E-state index in [1.165, 1.54) is 77.0 Å². The maximum atomic E-state index is 12.9. The molecule has 9 heteroatoms. The van der Waals surface area contributed by atoms with Crippen LogP contribution in [-0.4, -0.2) is 87.5 Å². The van der Waals surface area contributed by atoms with Crippen molar-refractivity contribution in [3.63, 3.8) is 0 Å². The fraction of sp³-hybridized carbons (Fsp3) is 0.672. The van der Waals surface area contributed by atoms with E-state index in [2.05, 4.69) is 116 Å². The highest BCUT2D eigenvalue weighted by molar-refractivity contribution is 5.76. The number of nitrogens with one attached hydrogen (secondary N) is 1. The highest BCUT2D eigenvalue weighted by atomic mass is 16.7. The molecule has 0 saturated carbocycles. The molecule has 0 aromatic carbocycles. The van der Waals surface area contributed by atoms with Crippen molar-refractivity contribution < 1.29 is 39.8 Å². The summed E-state index contributed by atoms with van der Waals surface area (Å²) in [6, 6.07) is -0.806. The lowest BCUT2D eigenvalue weighted by Crippen LogP contribution is -2.60. The molecule has 6 N–H and O–H groups in total. The molecule has 0 spiro atoms. The lowest BCUT2D eigenvalue weighted by molar-refractivity contribution is -0.302. The molecular weight excluding hydrogens is 839 g/mol. The zero-order chi connectivity index (χ0) is 48.7. The van der Waals surface area contributed by atoms with Gasteiger partial charge in [0.2, 0.25) is 5.91 Å². The Morgan fingerprint density at radius 2 is 0.925 bits per heavy atom. The van der Waals surface area contributed by atoms with Crippen LogP contribution in [0.3, 0.4) is 0 Å². The van der Waals surface area contributed by atoms with E-state index in [1.807, 2.05) is 6.08 Å². The fourth-order valence-electron chi connectivity index (χ4n) is 7.64. The van der Waals surface area contributed by atoms with Crippen molar-refractivity contribution >= 4 is 5.91 Å². The number of aliphatic hydroxyl groups excluding tert-OH is 5. The molecule has 1 amide bonds. The molecule has 0 bridgehead atoms. The lowest BCUT2D eigenvalue weighted by Gasteiger charge is -2.40. The molecule has 7 unspecified atom stereocenters. The summed E-state index contributed by atoms with van der Waals surface area (Å²) in [5.41, 5.74) is 0. The molecule has 1 rings (SSSR count). The van der Waals surface area contributed by atoms with Gasteiger partial charge in [-0.25, -0.2) is 0 Å². The van der Waals surface area contributed by atoms with Crippen LogP contribution in [0.15, 0.2) is 109 Å². The predicted octanol–water partition coefficient (Wildman–Crippen LogP) is 12.6. The SMILES string of the molecule is CC/C=C\C/C=C\C/C=C\C/C=C\C/C=C\C/C=C\C/C=C\C/C=C\CCCCCCCCCCCCCCCCC(=O)NC(COC1OC(CO)C(O)C(O)C1O)C(O)/C=C/CCCCC. The number of hydrogen-bond donors (Lipinski definition) is 6. The van der Waals surface area contributed by atoms with Gasteiger partial charge < -0.3 is 40.3 Å². The molecule has 1 aliphatic heterocycles. The Balaban J connectivity index is 2.02. The van der Waals surface area contributed by atoms with Gasteiger partial charge in [0, 0.05) is 6.42 Å². The lowest BCUT2D eigenvalue weighted by atomic mass is 9.99. The average Bonchev–Trinajstić information content (AvgIpc) is 3.33. The van der Waals surface area contributed by atoms with Crippen molar-refractivity contribution in [2.24, 2.45) is 0 Å². The standard InChI is InChI=1S/C58H97NO8/c1-3-5-7-9-10-11-12-13-14-15-16-17-18-19-20-21-22-23-24-25-26-27-28-29-30-31-32-33-34-35-36-37-38-39-40-41-42-44-46-48-54(62)59-51(52(61)47-45-43-8-6-4-2)50-66-58-57(65)56(64)55(63)53(49-60)67-58/h5,7,10-11,13-14,16-17,19-20,22-23,25-26,28-29,45,47,51-53,55-58,60-61,63-65H,3-4,6,8-9,12,15,18,21,24,27,30-44,46,48-50H2,1-2H3,(H,59,62)/b7-5-,11-10-,14-13-,17-16-,20-19-,23-22-,26-25-,29-28-,47-45+. The second kappa shape index (κ2) is 46.6. The van der Waals surface area contributed by atoms with Crippen molar-refractivity contribution in [3.05, 3.63) is 109 Å². The number of carbonyl (C=O) groups excluding carboxylic acids is 1. The molecule has 0 radical (unpaired) electrons. The molecule has 1 heterocycles. The maximum absolute atomic E-state index is 12.9. The van der Waals surface area contributed by atoms with Crippen LogP contribution in [0.1, 0.15) is 194 Å². The summed E-state index contributed by atoms with van der Waals surface area (Å²) < 4.78 is 11.1. The van der Waals surface area contributed by atoms with Crippen molar-refractivity contribution in [3.8, 4) is 0 Å². The van der Waals surface area contributed by atoms with Gasteiger partial charge in [-0.05, 0) is 83.5 Å². The van der Waals surface area contributed by atoms with Crippen molar-refractivity contribution in [2.75, 3.05) is 13.2 Å². The third-order valence-corrected chi connectivity index (χ3v) is 11.9. The summed E-state index contributed by atoms with van der Waals surface area (Å²) in [7, 11) is 0. The number of amides is 1. The Labute approximate surface area is 408 Å². The molecule has 1 fully saturated rings. The van der Waals surface area contributed by atoms with Crippen LogP contribution in [0, 0.1) is 0 Å². The minimum Gasteiger partial charge on any atom is -0.394 e. The van der Waals surface area contributed by atoms with Crippen LogP contribution in [0.2, 0.25) is 0 Å². The first kappa shape index (κ1) is 61.9. The zero-order valence-electron chi connectivity index (χ0n) is 42.1. The van der Waals surface area contributed by atoms with E-state index >= 15 is 0 Å². The molecule has 0 aromatic heterocycles. The third kappa shape index (κ3) is 36.5. The molecule has 0 aromatic rings. The van der Waals surface area contributed by atoms with Gasteiger partial charge in [0.1, 0.15) is 24.4 Å². The predicted molar refractivity (Wildman–Crippen MR) is 281 cm³/mol. The summed E-state index contributed by atoms with van der Waals surface area (Å²) in [5, 5.41) is 53.8. The molecule has 0 aliphatic carbocycles.